The highest BCUT2D eigenvalue weighted by atomic mass is 16.2. The van der Waals surface area contributed by atoms with E-state index >= 15 is 0 Å². The molecule has 0 saturated carbocycles. The molecular weight excluding hydrogens is 374 g/mol. The molecule has 6 nitrogen and oxygen atoms in total. The largest absolute Gasteiger partial charge is 0.335 e. The second-order valence-electron chi connectivity index (χ2n) is 7.51. The van der Waals surface area contributed by atoms with Gasteiger partial charge in [0.15, 0.2) is 5.69 Å². The van der Waals surface area contributed by atoms with Gasteiger partial charge in [-0.15, -0.1) is 5.10 Å². The van der Waals surface area contributed by atoms with Crippen LogP contribution in [0.3, 0.4) is 0 Å². The molecule has 1 amide bonds. The molecule has 1 fully saturated rings. The average molecular weight is 402 g/mol. The van der Waals surface area contributed by atoms with Crippen LogP contribution in [0.2, 0.25) is 0 Å². The molecule has 2 heterocycles. The first-order chi connectivity index (χ1) is 14.8. The highest BCUT2D eigenvalue weighted by molar-refractivity contribution is 5.92. The van der Waals surface area contributed by atoms with Gasteiger partial charge >= 0.3 is 0 Å². The normalized spacial score (nSPS) is 15.0. The Balaban J connectivity index is 1.23. The maximum atomic E-state index is 12.8. The molecule has 0 aliphatic carbocycles. The molecule has 1 aliphatic rings. The van der Waals surface area contributed by atoms with E-state index in [9.17, 15) is 4.79 Å². The van der Waals surface area contributed by atoms with Crippen LogP contribution in [0.15, 0.2) is 72.9 Å². The lowest BCUT2D eigenvalue weighted by Gasteiger charge is -2.33. The zero-order chi connectivity index (χ0) is 20.6. The minimum atomic E-state index is -0.0274. The number of benzene rings is 2. The highest BCUT2D eigenvalue weighted by Crippen LogP contribution is 2.09. The molecule has 0 radical (unpaired) electrons. The monoisotopic (exact) mass is 401 g/mol. The van der Waals surface area contributed by atoms with E-state index in [1.54, 1.807) is 10.9 Å². The number of carbonyl (C=O) groups is 1. The lowest BCUT2D eigenvalue weighted by Crippen LogP contribution is -2.48. The Morgan fingerprint density at radius 3 is 2.37 bits per heavy atom. The third kappa shape index (κ3) is 5.42. The summed E-state index contributed by atoms with van der Waals surface area (Å²) in [7, 11) is 0. The molecule has 1 aliphatic heterocycles. The predicted molar refractivity (Wildman–Crippen MR) is 118 cm³/mol. The van der Waals surface area contributed by atoms with Crippen LogP contribution in [0.5, 0.6) is 0 Å². The van der Waals surface area contributed by atoms with Gasteiger partial charge in [-0.05, 0) is 17.5 Å². The van der Waals surface area contributed by atoms with Gasteiger partial charge in [-0.1, -0.05) is 78.0 Å². The molecule has 1 aromatic heterocycles. The summed E-state index contributed by atoms with van der Waals surface area (Å²) in [5.74, 6) is -0.0274. The molecule has 4 rings (SSSR count). The Labute approximate surface area is 177 Å². The third-order valence-corrected chi connectivity index (χ3v) is 5.36. The van der Waals surface area contributed by atoms with E-state index in [2.05, 4.69) is 51.6 Å². The molecule has 6 heteroatoms. The summed E-state index contributed by atoms with van der Waals surface area (Å²) in [6, 6.07) is 20.6. The fraction of sp³-hybridized carbons (Fsp3) is 0.292. The van der Waals surface area contributed by atoms with Gasteiger partial charge < -0.3 is 4.90 Å². The van der Waals surface area contributed by atoms with Gasteiger partial charge in [0.25, 0.3) is 5.91 Å². The van der Waals surface area contributed by atoms with Crippen molar-refractivity contribution < 1.29 is 4.79 Å². The first-order valence-corrected chi connectivity index (χ1v) is 10.5. The first-order valence-electron chi connectivity index (χ1n) is 10.5. The SMILES string of the molecule is O=C(c1cn(CCc2ccccc2)nn1)N1CCN(CC=Cc2ccccc2)CC1. The highest BCUT2D eigenvalue weighted by Gasteiger charge is 2.23. The molecule has 30 heavy (non-hydrogen) atoms. The Morgan fingerprint density at radius 2 is 1.63 bits per heavy atom. The van der Waals surface area contributed by atoms with E-state index in [4.69, 9.17) is 0 Å². The fourth-order valence-corrected chi connectivity index (χ4v) is 3.59. The summed E-state index contributed by atoms with van der Waals surface area (Å²) in [6.45, 7) is 4.78. The quantitative estimate of drug-likeness (QED) is 0.611. The molecular formula is C24H27N5O. The van der Waals surface area contributed by atoms with Gasteiger partial charge in [0.1, 0.15) is 0 Å². The van der Waals surface area contributed by atoms with Crippen molar-refractivity contribution in [1.29, 1.82) is 0 Å². The zero-order valence-electron chi connectivity index (χ0n) is 17.1. The maximum Gasteiger partial charge on any atom is 0.276 e. The zero-order valence-corrected chi connectivity index (χ0v) is 17.1. The first kappa shape index (κ1) is 20.0. The van der Waals surface area contributed by atoms with Crippen LogP contribution in [0.4, 0.5) is 0 Å². The lowest BCUT2D eigenvalue weighted by atomic mass is 10.1. The molecule has 154 valence electrons. The molecule has 0 bridgehead atoms. The van der Waals surface area contributed by atoms with Crippen LogP contribution < -0.4 is 0 Å². The van der Waals surface area contributed by atoms with Crippen molar-refractivity contribution >= 4 is 12.0 Å². The molecule has 0 N–H and O–H groups in total. The maximum absolute atomic E-state index is 12.8. The minimum Gasteiger partial charge on any atom is -0.335 e. The second-order valence-corrected chi connectivity index (χ2v) is 7.51. The van der Waals surface area contributed by atoms with E-state index < -0.39 is 0 Å². The van der Waals surface area contributed by atoms with Gasteiger partial charge in [0, 0.05) is 39.3 Å². The Morgan fingerprint density at radius 1 is 0.933 bits per heavy atom. The van der Waals surface area contributed by atoms with Crippen LogP contribution in [0, 0.1) is 0 Å². The van der Waals surface area contributed by atoms with Crippen molar-refractivity contribution in [2.24, 2.45) is 0 Å². The van der Waals surface area contributed by atoms with Crippen molar-refractivity contribution in [1.82, 2.24) is 24.8 Å². The van der Waals surface area contributed by atoms with Crippen molar-refractivity contribution in [2.75, 3.05) is 32.7 Å². The standard InChI is InChI=1S/C24H27N5O/c30-24(23-20-29(26-25-23)15-13-22-10-5-2-6-11-22)28-18-16-27(17-19-28)14-7-12-21-8-3-1-4-9-21/h1-12,20H,13-19H2. The Hall–Kier alpha value is -3.25. The van der Waals surface area contributed by atoms with Crippen molar-refractivity contribution in [3.05, 3.63) is 89.8 Å². The number of rotatable bonds is 7. The number of aromatic nitrogens is 3. The van der Waals surface area contributed by atoms with Crippen LogP contribution >= 0.6 is 0 Å². The van der Waals surface area contributed by atoms with Crippen LogP contribution in [0.1, 0.15) is 21.6 Å². The fourth-order valence-electron chi connectivity index (χ4n) is 3.59. The minimum absolute atomic E-state index is 0.0274. The van der Waals surface area contributed by atoms with E-state index in [-0.39, 0.29) is 5.91 Å². The number of piperazine rings is 1. The Bertz CT molecular complexity index is 960. The molecule has 1 saturated heterocycles. The lowest BCUT2D eigenvalue weighted by molar-refractivity contribution is 0.0644. The van der Waals surface area contributed by atoms with E-state index in [1.165, 1.54) is 11.1 Å². The van der Waals surface area contributed by atoms with Crippen LogP contribution in [0.25, 0.3) is 6.08 Å². The van der Waals surface area contributed by atoms with E-state index in [1.807, 2.05) is 41.3 Å². The summed E-state index contributed by atoms with van der Waals surface area (Å²) < 4.78 is 1.75. The van der Waals surface area contributed by atoms with Gasteiger partial charge in [0.2, 0.25) is 0 Å². The summed E-state index contributed by atoms with van der Waals surface area (Å²) in [5.41, 5.74) is 2.89. The van der Waals surface area contributed by atoms with E-state index in [0.29, 0.717) is 12.2 Å². The van der Waals surface area contributed by atoms with Crippen molar-refractivity contribution in [3.8, 4) is 0 Å². The number of hydrogen-bond acceptors (Lipinski definition) is 4. The molecule has 3 aromatic rings. The number of hydrogen-bond donors (Lipinski definition) is 0. The summed E-state index contributed by atoms with van der Waals surface area (Å²) in [4.78, 5) is 17.0. The number of aryl methyl sites for hydroxylation is 2. The average Bonchev–Trinajstić information content (AvgIpc) is 3.28. The molecule has 0 atom stereocenters. The Kier molecular flexibility index (Phi) is 6.67. The second kappa shape index (κ2) is 9.98. The van der Waals surface area contributed by atoms with Gasteiger partial charge in [-0.25, -0.2) is 0 Å². The van der Waals surface area contributed by atoms with Crippen molar-refractivity contribution in [3.63, 3.8) is 0 Å². The molecule has 0 unspecified atom stereocenters. The molecule has 2 aromatic carbocycles. The van der Waals surface area contributed by atoms with Gasteiger partial charge in [-0.3, -0.25) is 14.4 Å². The summed E-state index contributed by atoms with van der Waals surface area (Å²) in [6.07, 6.45) is 6.96. The van der Waals surface area contributed by atoms with Crippen LogP contribution in [-0.4, -0.2) is 63.4 Å². The van der Waals surface area contributed by atoms with Gasteiger partial charge in [-0.2, -0.15) is 0 Å². The molecule has 0 spiro atoms. The number of carbonyl (C=O) groups excluding carboxylic acids is 1. The predicted octanol–water partition coefficient (Wildman–Crippen LogP) is 2.99. The smallest absolute Gasteiger partial charge is 0.276 e. The van der Waals surface area contributed by atoms with Crippen molar-refractivity contribution in [2.45, 2.75) is 13.0 Å². The van der Waals surface area contributed by atoms with Gasteiger partial charge in [0.05, 0.1) is 6.20 Å². The summed E-state index contributed by atoms with van der Waals surface area (Å²) in [5, 5.41) is 8.23. The number of nitrogens with zero attached hydrogens (tertiary/aromatic N) is 5. The summed E-state index contributed by atoms with van der Waals surface area (Å²) >= 11 is 0. The van der Waals surface area contributed by atoms with E-state index in [0.717, 1.165) is 39.1 Å². The topological polar surface area (TPSA) is 54.3 Å². The third-order valence-electron chi connectivity index (χ3n) is 5.36. The van der Waals surface area contributed by atoms with Crippen LogP contribution in [-0.2, 0) is 13.0 Å². The number of amides is 1.